The van der Waals surface area contributed by atoms with Gasteiger partial charge in [0.2, 0.25) is 5.91 Å². The van der Waals surface area contributed by atoms with Gasteiger partial charge < -0.3 is 15.2 Å². The molecule has 1 fully saturated rings. The van der Waals surface area contributed by atoms with E-state index in [-0.39, 0.29) is 12.0 Å². The molecule has 1 aromatic rings. The third-order valence-electron chi connectivity index (χ3n) is 3.52. The van der Waals surface area contributed by atoms with E-state index in [0.29, 0.717) is 26.2 Å². The number of nitrogens with one attached hydrogen (secondary N) is 1. The van der Waals surface area contributed by atoms with Crippen molar-refractivity contribution in [1.82, 2.24) is 10.2 Å². The quantitative estimate of drug-likeness (QED) is 0.735. The fourth-order valence-corrected chi connectivity index (χ4v) is 2.41. The lowest BCUT2D eigenvalue weighted by Gasteiger charge is -2.14. The highest BCUT2D eigenvalue weighted by Gasteiger charge is 2.21. The van der Waals surface area contributed by atoms with Gasteiger partial charge in [-0.15, -0.1) is 0 Å². The Morgan fingerprint density at radius 2 is 2.38 bits per heavy atom. The van der Waals surface area contributed by atoms with Crippen LogP contribution >= 0.6 is 0 Å². The maximum Gasteiger partial charge on any atom is 0.234 e. The van der Waals surface area contributed by atoms with Crippen LogP contribution in [0, 0.1) is 6.92 Å². The molecule has 2 rings (SSSR count). The molecule has 0 aliphatic carbocycles. The van der Waals surface area contributed by atoms with Crippen molar-refractivity contribution in [3.05, 3.63) is 29.8 Å². The second kappa shape index (κ2) is 8.00. The molecule has 0 aromatic heterocycles. The van der Waals surface area contributed by atoms with Gasteiger partial charge in [-0.2, -0.15) is 0 Å². The number of likely N-dealkylation sites (tertiary alicyclic amines) is 1. The number of hydrogen-bond donors (Lipinski definition) is 2. The minimum absolute atomic E-state index is 0.0136. The van der Waals surface area contributed by atoms with E-state index in [1.165, 1.54) is 5.56 Å². The zero-order valence-electron chi connectivity index (χ0n) is 12.5. The summed E-state index contributed by atoms with van der Waals surface area (Å²) >= 11 is 0. The highest BCUT2D eigenvalue weighted by molar-refractivity contribution is 5.78. The van der Waals surface area contributed by atoms with E-state index in [1.54, 1.807) is 0 Å². The van der Waals surface area contributed by atoms with E-state index in [2.05, 4.69) is 5.32 Å². The average molecular weight is 292 g/mol. The second-order valence-corrected chi connectivity index (χ2v) is 5.55. The van der Waals surface area contributed by atoms with Crippen LogP contribution in [0.4, 0.5) is 0 Å². The Hall–Kier alpha value is -1.59. The van der Waals surface area contributed by atoms with E-state index in [0.717, 1.165) is 25.1 Å². The molecule has 0 bridgehead atoms. The molecule has 1 aliphatic heterocycles. The van der Waals surface area contributed by atoms with Gasteiger partial charge in [0.15, 0.2) is 0 Å². The highest BCUT2D eigenvalue weighted by atomic mass is 16.5. The number of aliphatic hydroxyl groups is 1. The molecule has 1 saturated heterocycles. The van der Waals surface area contributed by atoms with Crippen molar-refractivity contribution in [2.75, 3.05) is 32.8 Å². The molecule has 1 atom stereocenters. The Balaban J connectivity index is 1.54. The molecule has 21 heavy (non-hydrogen) atoms. The second-order valence-electron chi connectivity index (χ2n) is 5.55. The summed E-state index contributed by atoms with van der Waals surface area (Å²) in [6, 6.07) is 7.93. The Labute approximate surface area is 125 Å². The fraction of sp³-hybridized carbons (Fsp3) is 0.562. The van der Waals surface area contributed by atoms with Crippen LogP contribution in [0.15, 0.2) is 24.3 Å². The Bertz CT molecular complexity index is 465. The predicted molar refractivity (Wildman–Crippen MR) is 81.4 cm³/mol. The van der Waals surface area contributed by atoms with Crippen molar-refractivity contribution in [3.8, 4) is 5.75 Å². The first kappa shape index (κ1) is 15.8. The van der Waals surface area contributed by atoms with Crippen molar-refractivity contribution in [1.29, 1.82) is 0 Å². The van der Waals surface area contributed by atoms with Gasteiger partial charge >= 0.3 is 0 Å². The predicted octanol–water partition coefficient (Wildman–Crippen LogP) is 0.947. The molecule has 1 heterocycles. The number of carbonyl (C=O) groups excluding carboxylic acids is 1. The van der Waals surface area contributed by atoms with Gasteiger partial charge in [0, 0.05) is 19.6 Å². The van der Waals surface area contributed by atoms with Crippen molar-refractivity contribution < 1.29 is 14.6 Å². The largest absolute Gasteiger partial charge is 0.494 e. The van der Waals surface area contributed by atoms with Gasteiger partial charge in [0.05, 0.1) is 19.3 Å². The maximum absolute atomic E-state index is 11.7. The lowest BCUT2D eigenvalue weighted by molar-refractivity contribution is -0.122. The molecule has 1 aromatic carbocycles. The lowest BCUT2D eigenvalue weighted by Crippen LogP contribution is -2.37. The summed E-state index contributed by atoms with van der Waals surface area (Å²) in [5, 5.41) is 12.3. The maximum atomic E-state index is 11.7. The van der Waals surface area contributed by atoms with E-state index < -0.39 is 0 Å². The average Bonchev–Trinajstić information content (AvgIpc) is 2.84. The Morgan fingerprint density at radius 3 is 3.10 bits per heavy atom. The fourth-order valence-electron chi connectivity index (χ4n) is 2.41. The number of aryl methyl sites for hydroxylation is 1. The van der Waals surface area contributed by atoms with Crippen molar-refractivity contribution >= 4 is 5.91 Å². The molecule has 1 aliphatic rings. The number of ether oxygens (including phenoxy) is 1. The number of benzene rings is 1. The third-order valence-corrected chi connectivity index (χ3v) is 3.52. The molecule has 0 saturated carbocycles. The van der Waals surface area contributed by atoms with Gasteiger partial charge in [-0.05, 0) is 37.5 Å². The highest BCUT2D eigenvalue weighted by Crippen LogP contribution is 2.12. The standard InChI is InChI=1S/C16H24N2O3/c1-13-4-2-5-15(10-13)21-9-3-7-17-16(20)12-18-8-6-14(19)11-18/h2,4-5,10,14,19H,3,6-9,11-12H2,1H3,(H,17,20)/t14-/m0/s1. The van der Waals surface area contributed by atoms with Crippen LogP contribution in [0.2, 0.25) is 0 Å². The Kier molecular flexibility index (Phi) is 6.02. The van der Waals surface area contributed by atoms with Crippen LogP contribution in [-0.2, 0) is 4.79 Å². The first-order chi connectivity index (χ1) is 10.1. The first-order valence-corrected chi connectivity index (χ1v) is 7.50. The summed E-state index contributed by atoms with van der Waals surface area (Å²) in [6.45, 7) is 5.00. The molecule has 1 amide bonds. The summed E-state index contributed by atoms with van der Waals surface area (Å²) in [5.74, 6) is 0.882. The van der Waals surface area contributed by atoms with Gasteiger partial charge in [0.1, 0.15) is 5.75 Å². The molecule has 0 unspecified atom stereocenters. The first-order valence-electron chi connectivity index (χ1n) is 7.50. The van der Waals surface area contributed by atoms with Crippen molar-refractivity contribution in [2.24, 2.45) is 0 Å². The number of carbonyl (C=O) groups is 1. The summed E-state index contributed by atoms with van der Waals surface area (Å²) < 4.78 is 5.62. The van der Waals surface area contributed by atoms with Crippen LogP contribution < -0.4 is 10.1 Å². The molecule has 5 heteroatoms. The molecule has 0 radical (unpaired) electrons. The minimum Gasteiger partial charge on any atom is -0.494 e. The van der Waals surface area contributed by atoms with Crippen LogP contribution in [0.1, 0.15) is 18.4 Å². The number of β-amino-alcohol motifs (C(OH)–C–C–N with tert-alkyl or cyclic N) is 1. The molecule has 2 N–H and O–H groups in total. The van der Waals surface area contributed by atoms with E-state index >= 15 is 0 Å². The van der Waals surface area contributed by atoms with Gasteiger partial charge in [0.25, 0.3) is 0 Å². The van der Waals surface area contributed by atoms with Crippen LogP contribution in [0.5, 0.6) is 5.75 Å². The number of rotatable bonds is 7. The van der Waals surface area contributed by atoms with Crippen molar-refractivity contribution in [2.45, 2.75) is 25.9 Å². The zero-order chi connectivity index (χ0) is 15.1. The van der Waals surface area contributed by atoms with E-state index in [1.807, 2.05) is 36.1 Å². The van der Waals surface area contributed by atoms with Crippen LogP contribution in [-0.4, -0.2) is 54.8 Å². The molecule has 0 spiro atoms. The Morgan fingerprint density at radius 1 is 1.52 bits per heavy atom. The summed E-state index contributed by atoms with van der Waals surface area (Å²) in [7, 11) is 0. The normalized spacial score (nSPS) is 18.7. The summed E-state index contributed by atoms with van der Waals surface area (Å²) in [4.78, 5) is 13.7. The molecular weight excluding hydrogens is 268 g/mol. The monoisotopic (exact) mass is 292 g/mol. The molecular formula is C16H24N2O3. The van der Waals surface area contributed by atoms with Crippen LogP contribution in [0.3, 0.4) is 0 Å². The number of amides is 1. The SMILES string of the molecule is Cc1cccc(OCCCNC(=O)CN2CC[C@H](O)C2)c1. The van der Waals surface area contributed by atoms with Gasteiger partial charge in [-0.1, -0.05) is 12.1 Å². The van der Waals surface area contributed by atoms with Crippen molar-refractivity contribution in [3.63, 3.8) is 0 Å². The van der Waals surface area contributed by atoms with Gasteiger partial charge in [-0.3, -0.25) is 9.69 Å². The number of hydrogen-bond acceptors (Lipinski definition) is 4. The number of nitrogens with zero attached hydrogens (tertiary/aromatic N) is 1. The topological polar surface area (TPSA) is 61.8 Å². The third kappa shape index (κ3) is 5.73. The summed E-state index contributed by atoms with van der Waals surface area (Å²) in [5.41, 5.74) is 1.17. The van der Waals surface area contributed by atoms with Crippen LogP contribution in [0.25, 0.3) is 0 Å². The minimum atomic E-state index is -0.277. The molecule has 5 nitrogen and oxygen atoms in total. The summed E-state index contributed by atoms with van der Waals surface area (Å²) in [6.07, 6.45) is 1.26. The smallest absolute Gasteiger partial charge is 0.234 e. The van der Waals surface area contributed by atoms with Gasteiger partial charge in [-0.25, -0.2) is 0 Å². The lowest BCUT2D eigenvalue weighted by atomic mass is 10.2. The van der Waals surface area contributed by atoms with E-state index in [4.69, 9.17) is 4.74 Å². The molecule has 116 valence electrons. The van der Waals surface area contributed by atoms with E-state index in [9.17, 15) is 9.90 Å². The zero-order valence-corrected chi connectivity index (χ0v) is 12.5. The number of aliphatic hydroxyl groups excluding tert-OH is 1.